The number of rotatable bonds is 3. The van der Waals surface area contributed by atoms with Crippen LogP contribution in [0.4, 0.5) is 0 Å². The summed E-state index contributed by atoms with van der Waals surface area (Å²) in [5.74, 6) is -0.152. The van der Waals surface area contributed by atoms with E-state index in [-0.39, 0.29) is 18.6 Å². The third kappa shape index (κ3) is 2.32. The van der Waals surface area contributed by atoms with Gasteiger partial charge in [0.15, 0.2) is 0 Å². The lowest BCUT2D eigenvalue weighted by atomic mass is 10.2. The SMILES string of the molecule is Cc1c[nH]cc1C(=O)NC(C)CO. The second-order valence-electron chi connectivity index (χ2n) is 3.11. The van der Waals surface area contributed by atoms with Crippen molar-refractivity contribution in [3.05, 3.63) is 23.5 Å². The number of aromatic nitrogens is 1. The minimum atomic E-state index is -0.207. The lowest BCUT2D eigenvalue weighted by Gasteiger charge is -2.09. The van der Waals surface area contributed by atoms with Gasteiger partial charge < -0.3 is 15.4 Å². The highest BCUT2D eigenvalue weighted by Crippen LogP contribution is 2.05. The Bertz CT molecular complexity index is 294. The van der Waals surface area contributed by atoms with Gasteiger partial charge in [-0.2, -0.15) is 0 Å². The van der Waals surface area contributed by atoms with Crippen molar-refractivity contribution in [1.82, 2.24) is 10.3 Å². The molecule has 1 aromatic heterocycles. The van der Waals surface area contributed by atoms with Crippen LogP contribution in [0.25, 0.3) is 0 Å². The van der Waals surface area contributed by atoms with E-state index in [0.29, 0.717) is 5.56 Å². The summed E-state index contributed by atoms with van der Waals surface area (Å²) in [7, 11) is 0. The number of nitrogens with one attached hydrogen (secondary N) is 2. The van der Waals surface area contributed by atoms with Crippen LogP contribution in [0.5, 0.6) is 0 Å². The van der Waals surface area contributed by atoms with Gasteiger partial charge in [-0.1, -0.05) is 0 Å². The molecule has 1 heterocycles. The summed E-state index contributed by atoms with van der Waals surface area (Å²) < 4.78 is 0. The number of carbonyl (C=O) groups is 1. The summed E-state index contributed by atoms with van der Waals surface area (Å²) in [5, 5.41) is 11.4. The highest BCUT2D eigenvalue weighted by Gasteiger charge is 2.11. The molecule has 0 fully saturated rings. The fourth-order valence-electron chi connectivity index (χ4n) is 1.03. The maximum Gasteiger partial charge on any atom is 0.253 e. The molecule has 13 heavy (non-hydrogen) atoms. The molecule has 0 aliphatic rings. The number of aliphatic hydroxyl groups excluding tert-OH is 1. The van der Waals surface area contributed by atoms with Crippen molar-refractivity contribution in [2.45, 2.75) is 19.9 Å². The van der Waals surface area contributed by atoms with E-state index < -0.39 is 0 Å². The van der Waals surface area contributed by atoms with Crippen molar-refractivity contribution < 1.29 is 9.90 Å². The van der Waals surface area contributed by atoms with Crippen LogP contribution in [0.15, 0.2) is 12.4 Å². The monoisotopic (exact) mass is 182 g/mol. The average Bonchev–Trinajstić information content (AvgIpc) is 2.51. The average molecular weight is 182 g/mol. The van der Waals surface area contributed by atoms with Gasteiger partial charge in [0.2, 0.25) is 0 Å². The summed E-state index contributed by atoms with van der Waals surface area (Å²) >= 11 is 0. The van der Waals surface area contributed by atoms with E-state index in [1.807, 2.05) is 6.92 Å². The number of aliphatic hydroxyl groups is 1. The Morgan fingerprint density at radius 2 is 2.38 bits per heavy atom. The predicted octanol–water partition coefficient (Wildman–Crippen LogP) is 0.434. The van der Waals surface area contributed by atoms with Gasteiger partial charge in [0.1, 0.15) is 0 Å². The van der Waals surface area contributed by atoms with Gasteiger partial charge in [-0.15, -0.1) is 0 Å². The Morgan fingerprint density at radius 3 is 2.85 bits per heavy atom. The molecule has 4 nitrogen and oxygen atoms in total. The molecule has 0 bridgehead atoms. The molecule has 1 atom stereocenters. The largest absolute Gasteiger partial charge is 0.394 e. The number of carbonyl (C=O) groups excluding carboxylic acids is 1. The van der Waals surface area contributed by atoms with Crippen LogP contribution in [0.1, 0.15) is 22.8 Å². The highest BCUT2D eigenvalue weighted by atomic mass is 16.3. The van der Waals surface area contributed by atoms with Crippen LogP contribution in [-0.4, -0.2) is 28.6 Å². The molecule has 0 saturated heterocycles. The van der Waals surface area contributed by atoms with Crippen molar-refractivity contribution in [3.8, 4) is 0 Å². The van der Waals surface area contributed by atoms with Gasteiger partial charge in [0.25, 0.3) is 5.91 Å². The third-order valence-electron chi connectivity index (χ3n) is 1.85. The summed E-state index contributed by atoms with van der Waals surface area (Å²) in [6.45, 7) is 3.56. The first-order chi connectivity index (χ1) is 6.15. The summed E-state index contributed by atoms with van der Waals surface area (Å²) in [5.41, 5.74) is 1.53. The Kier molecular flexibility index (Phi) is 3.08. The number of H-pyrrole nitrogens is 1. The Morgan fingerprint density at radius 1 is 1.69 bits per heavy atom. The standard InChI is InChI=1S/C9H14N2O2/c1-6-3-10-4-8(6)9(13)11-7(2)5-12/h3-4,7,10,12H,5H2,1-2H3,(H,11,13). The third-order valence-corrected chi connectivity index (χ3v) is 1.85. The number of hydrogen-bond acceptors (Lipinski definition) is 2. The molecule has 0 aromatic carbocycles. The minimum Gasteiger partial charge on any atom is -0.394 e. The minimum absolute atomic E-state index is 0.0464. The topological polar surface area (TPSA) is 65.1 Å². The molecule has 72 valence electrons. The lowest BCUT2D eigenvalue weighted by Crippen LogP contribution is -2.35. The molecule has 3 N–H and O–H groups in total. The molecule has 1 amide bonds. The predicted molar refractivity (Wildman–Crippen MR) is 49.5 cm³/mol. The van der Waals surface area contributed by atoms with Crippen molar-refractivity contribution >= 4 is 5.91 Å². The first kappa shape index (κ1) is 9.80. The molecule has 4 heteroatoms. The summed E-state index contributed by atoms with van der Waals surface area (Å²) in [6, 6.07) is -0.207. The zero-order valence-corrected chi connectivity index (χ0v) is 7.79. The first-order valence-corrected chi connectivity index (χ1v) is 4.20. The molecule has 0 aliphatic heterocycles. The number of aromatic amines is 1. The van der Waals surface area contributed by atoms with Gasteiger partial charge in [0, 0.05) is 18.4 Å². The molecule has 1 aromatic rings. The van der Waals surface area contributed by atoms with E-state index in [9.17, 15) is 4.79 Å². The number of amides is 1. The molecular formula is C9H14N2O2. The zero-order valence-electron chi connectivity index (χ0n) is 7.79. The molecule has 0 spiro atoms. The second-order valence-corrected chi connectivity index (χ2v) is 3.11. The van der Waals surface area contributed by atoms with Gasteiger partial charge in [-0.3, -0.25) is 4.79 Å². The van der Waals surface area contributed by atoms with Crippen LogP contribution < -0.4 is 5.32 Å². The van der Waals surface area contributed by atoms with Crippen LogP contribution in [0.3, 0.4) is 0 Å². The van der Waals surface area contributed by atoms with Crippen LogP contribution in [0, 0.1) is 6.92 Å². The van der Waals surface area contributed by atoms with Crippen LogP contribution >= 0.6 is 0 Å². The van der Waals surface area contributed by atoms with Gasteiger partial charge in [-0.25, -0.2) is 0 Å². The van der Waals surface area contributed by atoms with E-state index in [1.165, 1.54) is 0 Å². The Balaban J connectivity index is 2.64. The summed E-state index contributed by atoms with van der Waals surface area (Å²) in [4.78, 5) is 14.3. The molecule has 1 unspecified atom stereocenters. The highest BCUT2D eigenvalue weighted by molar-refractivity contribution is 5.95. The van der Waals surface area contributed by atoms with E-state index in [4.69, 9.17) is 5.11 Å². The van der Waals surface area contributed by atoms with Crippen molar-refractivity contribution in [2.24, 2.45) is 0 Å². The Labute approximate surface area is 77.0 Å². The van der Waals surface area contributed by atoms with E-state index >= 15 is 0 Å². The van der Waals surface area contributed by atoms with Gasteiger partial charge >= 0.3 is 0 Å². The molecule has 0 aliphatic carbocycles. The van der Waals surface area contributed by atoms with Crippen molar-refractivity contribution in [3.63, 3.8) is 0 Å². The van der Waals surface area contributed by atoms with E-state index in [2.05, 4.69) is 10.3 Å². The fourth-order valence-corrected chi connectivity index (χ4v) is 1.03. The normalized spacial score (nSPS) is 12.5. The smallest absolute Gasteiger partial charge is 0.253 e. The van der Waals surface area contributed by atoms with Crippen LogP contribution in [-0.2, 0) is 0 Å². The molecule has 0 radical (unpaired) electrons. The zero-order chi connectivity index (χ0) is 9.84. The second kappa shape index (κ2) is 4.09. The molecule has 0 saturated carbocycles. The molecule has 1 rings (SSSR count). The Hall–Kier alpha value is -1.29. The summed E-state index contributed by atoms with van der Waals surface area (Å²) in [6.07, 6.45) is 3.41. The maximum atomic E-state index is 11.5. The number of aryl methyl sites for hydroxylation is 1. The lowest BCUT2D eigenvalue weighted by molar-refractivity contribution is 0.0922. The fraction of sp³-hybridized carbons (Fsp3) is 0.444. The first-order valence-electron chi connectivity index (χ1n) is 4.20. The van der Waals surface area contributed by atoms with Crippen molar-refractivity contribution in [1.29, 1.82) is 0 Å². The van der Waals surface area contributed by atoms with Crippen LogP contribution in [0.2, 0.25) is 0 Å². The maximum absolute atomic E-state index is 11.5. The van der Waals surface area contributed by atoms with Gasteiger partial charge in [0.05, 0.1) is 12.2 Å². The quantitative estimate of drug-likeness (QED) is 0.634. The van der Waals surface area contributed by atoms with E-state index in [1.54, 1.807) is 19.3 Å². The number of hydrogen-bond donors (Lipinski definition) is 3. The van der Waals surface area contributed by atoms with E-state index in [0.717, 1.165) is 5.56 Å². The van der Waals surface area contributed by atoms with Crippen molar-refractivity contribution in [2.75, 3.05) is 6.61 Å². The molecular weight excluding hydrogens is 168 g/mol. The van der Waals surface area contributed by atoms with Gasteiger partial charge in [-0.05, 0) is 19.4 Å².